The number of benzene rings is 1. The van der Waals surface area contributed by atoms with E-state index < -0.39 is 23.2 Å². The van der Waals surface area contributed by atoms with Crippen LogP contribution in [0.1, 0.15) is 27.7 Å². The molecule has 0 spiro atoms. The van der Waals surface area contributed by atoms with E-state index in [1.165, 1.54) is 11.3 Å². The zero-order chi connectivity index (χ0) is 14.7. The maximum atomic E-state index is 13.3. The van der Waals surface area contributed by atoms with E-state index in [-0.39, 0.29) is 5.56 Å². The van der Waals surface area contributed by atoms with E-state index in [0.29, 0.717) is 6.54 Å². The first-order chi connectivity index (χ1) is 9.52. The second-order valence-electron chi connectivity index (χ2n) is 4.26. The van der Waals surface area contributed by atoms with E-state index in [1.54, 1.807) is 0 Å². The van der Waals surface area contributed by atoms with Gasteiger partial charge in [-0.1, -0.05) is 6.92 Å². The van der Waals surface area contributed by atoms with Crippen LogP contribution in [0.15, 0.2) is 23.6 Å². The second kappa shape index (κ2) is 6.00. The second-order valence-corrected chi connectivity index (χ2v) is 5.26. The van der Waals surface area contributed by atoms with Gasteiger partial charge in [0.1, 0.15) is 17.3 Å². The molecule has 0 fully saturated rings. The molecule has 0 aliphatic rings. The summed E-state index contributed by atoms with van der Waals surface area (Å²) in [5, 5.41) is 4.59. The molecule has 0 unspecified atom stereocenters. The minimum absolute atomic E-state index is 0.0798. The number of thiophene rings is 1. The Hall–Kier alpha value is -1.95. The molecule has 0 saturated carbocycles. The van der Waals surface area contributed by atoms with Crippen LogP contribution in [0.5, 0.6) is 0 Å². The number of amides is 1. The van der Waals surface area contributed by atoms with Gasteiger partial charge in [0.2, 0.25) is 0 Å². The summed E-state index contributed by atoms with van der Waals surface area (Å²) in [4.78, 5) is 12.9. The molecule has 0 aliphatic heterocycles. The molecule has 2 aromatic rings. The highest BCUT2D eigenvalue weighted by molar-refractivity contribution is 7.10. The van der Waals surface area contributed by atoms with Gasteiger partial charge in [0.15, 0.2) is 0 Å². The van der Waals surface area contributed by atoms with Gasteiger partial charge in [0, 0.05) is 10.4 Å². The van der Waals surface area contributed by atoms with Crippen LogP contribution in [0.4, 0.5) is 14.5 Å². The molecule has 0 saturated heterocycles. The number of rotatable bonds is 4. The Bertz CT molecular complexity index is 617. The number of carbonyl (C=O) groups is 1. The summed E-state index contributed by atoms with van der Waals surface area (Å²) in [5.41, 5.74) is 5.66. The highest BCUT2D eigenvalue weighted by Crippen LogP contribution is 2.19. The number of nitrogen functional groups attached to an aromatic ring is 1. The number of hydrogen-bond acceptors (Lipinski definition) is 3. The molecule has 1 heterocycles. The Morgan fingerprint density at radius 3 is 2.60 bits per heavy atom. The number of halogens is 2. The Labute approximate surface area is 119 Å². The van der Waals surface area contributed by atoms with E-state index in [4.69, 9.17) is 5.73 Å². The molecule has 2 rings (SSSR count). The minimum Gasteiger partial charge on any atom is -0.394 e. The Morgan fingerprint density at radius 1 is 1.35 bits per heavy atom. The van der Waals surface area contributed by atoms with Crippen LogP contribution >= 0.6 is 11.3 Å². The van der Waals surface area contributed by atoms with Crippen molar-refractivity contribution in [3.63, 3.8) is 0 Å². The van der Waals surface area contributed by atoms with Gasteiger partial charge >= 0.3 is 0 Å². The quantitative estimate of drug-likeness (QED) is 0.852. The lowest BCUT2D eigenvalue weighted by Gasteiger charge is -2.07. The largest absolute Gasteiger partial charge is 0.394 e. The zero-order valence-electron chi connectivity index (χ0n) is 10.9. The van der Waals surface area contributed by atoms with Crippen LogP contribution in [0.3, 0.4) is 0 Å². The lowest BCUT2D eigenvalue weighted by molar-refractivity contribution is 0.0950. The molecule has 6 heteroatoms. The van der Waals surface area contributed by atoms with Crippen LogP contribution in [0.2, 0.25) is 0 Å². The maximum Gasteiger partial charge on any atom is 0.251 e. The molecule has 3 nitrogen and oxygen atoms in total. The van der Waals surface area contributed by atoms with Gasteiger partial charge in [-0.25, -0.2) is 8.78 Å². The van der Waals surface area contributed by atoms with Gasteiger partial charge in [-0.2, -0.15) is 0 Å². The predicted octanol–water partition coefficient (Wildman–Crippen LogP) is 3.10. The fraction of sp³-hybridized carbons (Fsp3) is 0.214. The molecule has 106 valence electrons. The predicted molar refractivity (Wildman–Crippen MR) is 75.6 cm³/mol. The summed E-state index contributed by atoms with van der Waals surface area (Å²) in [6.07, 6.45) is 0.875. The van der Waals surface area contributed by atoms with Crippen LogP contribution in [-0.4, -0.2) is 5.91 Å². The van der Waals surface area contributed by atoms with Gasteiger partial charge in [0.05, 0.1) is 6.54 Å². The topological polar surface area (TPSA) is 55.1 Å². The molecule has 20 heavy (non-hydrogen) atoms. The minimum atomic E-state index is -0.930. The number of anilines is 1. The first-order valence-corrected chi connectivity index (χ1v) is 6.98. The van der Waals surface area contributed by atoms with Crippen molar-refractivity contribution in [2.45, 2.75) is 19.9 Å². The summed E-state index contributed by atoms with van der Waals surface area (Å²) in [7, 11) is 0. The van der Waals surface area contributed by atoms with Crippen molar-refractivity contribution in [3.8, 4) is 0 Å². The first kappa shape index (κ1) is 14.5. The molecule has 0 bridgehead atoms. The Kier molecular flexibility index (Phi) is 4.34. The molecule has 1 amide bonds. The van der Waals surface area contributed by atoms with Crippen molar-refractivity contribution in [1.29, 1.82) is 0 Å². The monoisotopic (exact) mass is 296 g/mol. The van der Waals surface area contributed by atoms with Crippen LogP contribution in [0, 0.1) is 11.6 Å². The van der Waals surface area contributed by atoms with Crippen molar-refractivity contribution in [3.05, 3.63) is 51.2 Å². The Balaban J connectivity index is 2.09. The third-order valence-corrected chi connectivity index (χ3v) is 3.93. The van der Waals surface area contributed by atoms with Gasteiger partial charge < -0.3 is 11.1 Å². The standard InChI is InChI=1S/C14H14F2N2OS/c1-2-8-3-4-20-12(8)7-18-14(19)9-5-10(15)13(17)11(16)6-9/h3-6H,2,7,17H2,1H3,(H,18,19). The van der Waals surface area contributed by atoms with Crippen LogP contribution in [0.25, 0.3) is 0 Å². The summed E-state index contributed by atoms with van der Waals surface area (Å²) >= 11 is 1.54. The molecule has 0 radical (unpaired) electrons. The molecule has 0 atom stereocenters. The molecular weight excluding hydrogens is 282 g/mol. The van der Waals surface area contributed by atoms with E-state index in [0.717, 1.165) is 29.0 Å². The molecule has 0 aliphatic carbocycles. The fourth-order valence-electron chi connectivity index (χ4n) is 1.82. The van der Waals surface area contributed by atoms with Crippen molar-refractivity contribution in [2.24, 2.45) is 0 Å². The van der Waals surface area contributed by atoms with Gasteiger partial charge in [0.25, 0.3) is 5.91 Å². The summed E-state index contributed by atoms with van der Waals surface area (Å²) < 4.78 is 26.6. The molecule has 3 N–H and O–H groups in total. The van der Waals surface area contributed by atoms with E-state index in [1.807, 2.05) is 18.4 Å². The third kappa shape index (κ3) is 2.96. The van der Waals surface area contributed by atoms with E-state index >= 15 is 0 Å². The van der Waals surface area contributed by atoms with Crippen LogP contribution in [-0.2, 0) is 13.0 Å². The fourth-order valence-corrected chi connectivity index (χ4v) is 2.73. The Morgan fingerprint density at radius 2 is 2.00 bits per heavy atom. The lowest BCUT2D eigenvalue weighted by Crippen LogP contribution is -2.23. The number of nitrogens with one attached hydrogen (secondary N) is 1. The third-order valence-electron chi connectivity index (χ3n) is 2.97. The number of hydrogen-bond donors (Lipinski definition) is 2. The average molecular weight is 296 g/mol. The van der Waals surface area contributed by atoms with E-state index in [9.17, 15) is 13.6 Å². The van der Waals surface area contributed by atoms with Crippen LogP contribution < -0.4 is 11.1 Å². The van der Waals surface area contributed by atoms with Gasteiger partial charge in [-0.05, 0) is 35.6 Å². The normalized spacial score (nSPS) is 10.6. The average Bonchev–Trinajstić information content (AvgIpc) is 2.89. The highest BCUT2D eigenvalue weighted by Gasteiger charge is 2.13. The molecule has 1 aromatic carbocycles. The van der Waals surface area contributed by atoms with Crippen molar-refractivity contribution in [1.82, 2.24) is 5.32 Å². The van der Waals surface area contributed by atoms with Crippen molar-refractivity contribution >= 4 is 22.9 Å². The maximum absolute atomic E-state index is 13.3. The summed E-state index contributed by atoms with van der Waals surface area (Å²) in [6, 6.07) is 3.86. The lowest BCUT2D eigenvalue weighted by atomic mass is 10.1. The number of carbonyl (C=O) groups excluding carboxylic acids is 1. The number of nitrogens with two attached hydrogens (primary N) is 1. The highest BCUT2D eigenvalue weighted by atomic mass is 32.1. The first-order valence-electron chi connectivity index (χ1n) is 6.11. The van der Waals surface area contributed by atoms with Gasteiger partial charge in [-0.3, -0.25) is 4.79 Å². The zero-order valence-corrected chi connectivity index (χ0v) is 11.7. The summed E-state index contributed by atoms with van der Waals surface area (Å²) in [6.45, 7) is 2.37. The van der Waals surface area contributed by atoms with Crippen molar-refractivity contribution in [2.75, 3.05) is 5.73 Å². The number of aryl methyl sites for hydroxylation is 1. The van der Waals surface area contributed by atoms with Gasteiger partial charge in [-0.15, -0.1) is 11.3 Å². The SMILES string of the molecule is CCc1ccsc1CNC(=O)c1cc(F)c(N)c(F)c1. The molecular formula is C14H14F2N2OS. The summed E-state index contributed by atoms with van der Waals surface area (Å²) in [5.74, 6) is -2.39. The molecule has 1 aromatic heterocycles. The van der Waals surface area contributed by atoms with E-state index in [2.05, 4.69) is 5.32 Å². The smallest absolute Gasteiger partial charge is 0.251 e. The van der Waals surface area contributed by atoms with Crippen molar-refractivity contribution < 1.29 is 13.6 Å².